The molecule has 0 unspecified atom stereocenters. The van der Waals surface area contributed by atoms with Crippen molar-refractivity contribution in [2.45, 2.75) is 20.3 Å². The van der Waals surface area contributed by atoms with Crippen molar-refractivity contribution in [3.05, 3.63) is 11.6 Å². The molecule has 1 aliphatic heterocycles. The van der Waals surface area contributed by atoms with Gasteiger partial charge in [0.05, 0.1) is 5.41 Å². The molecule has 0 aliphatic carbocycles. The van der Waals surface area contributed by atoms with Crippen molar-refractivity contribution in [3.63, 3.8) is 0 Å². The van der Waals surface area contributed by atoms with Gasteiger partial charge >= 0.3 is 0 Å². The largest absolute Gasteiger partial charge is 0.346 e. The van der Waals surface area contributed by atoms with Crippen LogP contribution in [0.4, 0.5) is 5.13 Å². The molecule has 0 saturated carbocycles. The van der Waals surface area contributed by atoms with Crippen LogP contribution in [0, 0.1) is 5.41 Å². The maximum Gasteiger partial charge on any atom is 0.229 e. The highest BCUT2D eigenvalue weighted by Crippen LogP contribution is 2.25. The van der Waals surface area contributed by atoms with Crippen LogP contribution in [0.15, 0.2) is 11.6 Å². The lowest BCUT2D eigenvalue weighted by Gasteiger charge is -2.30. The molecular formula is C14H23N3OS2. The van der Waals surface area contributed by atoms with Crippen LogP contribution in [-0.4, -0.2) is 54.0 Å². The SMILES string of the molecule is CSCC(C)(C)C(=O)N1CCCN(c2nccs2)CC1. The van der Waals surface area contributed by atoms with E-state index in [2.05, 4.69) is 30.0 Å². The fraction of sp³-hybridized carbons (Fsp3) is 0.714. The zero-order valence-electron chi connectivity index (χ0n) is 12.5. The van der Waals surface area contributed by atoms with Gasteiger partial charge in [0.25, 0.3) is 0 Å². The molecule has 4 nitrogen and oxygen atoms in total. The third-order valence-electron chi connectivity index (χ3n) is 3.56. The Bertz CT molecular complexity index is 434. The first kappa shape index (κ1) is 15.6. The van der Waals surface area contributed by atoms with Gasteiger partial charge in [-0.25, -0.2) is 4.98 Å². The predicted molar refractivity (Wildman–Crippen MR) is 87.7 cm³/mol. The summed E-state index contributed by atoms with van der Waals surface area (Å²) in [5, 5.41) is 3.08. The number of hydrogen-bond acceptors (Lipinski definition) is 5. The molecule has 1 fully saturated rings. The monoisotopic (exact) mass is 313 g/mol. The van der Waals surface area contributed by atoms with E-state index in [1.54, 1.807) is 23.1 Å². The van der Waals surface area contributed by atoms with E-state index in [9.17, 15) is 4.79 Å². The van der Waals surface area contributed by atoms with E-state index >= 15 is 0 Å². The van der Waals surface area contributed by atoms with E-state index in [1.807, 2.05) is 16.5 Å². The van der Waals surface area contributed by atoms with Gasteiger partial charge in [0.1, 0.15) is 0 Å². The van der Waals surface area contributed by atoms with Crippen LogP contribution < -0.4 is 4.90 Å². The molecule has 112 valence electrons. The summed E-state index contributed by atoms with van der Waals surface area (Å²) in [5.41, 5.74) is -0.268. The molecule has 1 aliphatic rings. The third-order valence-corrected chi connectivity index (χ3v) is 5.40. The normalized spacial score (nSPS) is 17.1. The lowest BCUT2D eigenvalue weighted by atomic mass is 9.94. The molecule has 0 aromatic carbocycles. The molecule has 2 heterocycles. The molecule has 1 aromatic rings. The van der Waals surface area contributed by atoms with Crippen LogP contribution in [0.3, 0.4) is 0 Å². The predicted octanol–water partition coefficient (Wildman–Crippen LogP) is 2.57. The van der Waals surface area contributed by atoms with Gasteiger partial charge in [0, 0.05) is 43.5 Å². The number of carbonyl (C=O) groups is 1. The second-order valence-corrected chi connectivity index (χ2v) is 7.50. The minimum atomic E-state index is -0.268. The molecule has 1 amide bonds. The van der Waals surface area contributed by atoms with Crippen LogP contribution in [-0.2, 0) is 4.79 Å². The van der Waals surface area contributed by atoms with Gasteiger partial charge in [-0.1, -0.05) is 13.8 Å². The summed E-state index contributed by atoms with van der Waals surface area (Å²) in [6.45, 7) is 7.63. The van der Waals surface area contributed by atoms with Gasteiger partial charge in [-0.2, -0.15) is 11.8 Å². The van der Waals surface area contributed by atoms with E-state index in [0.29, 0.717) is 0 Å². The molecule has 6 heteroatoms. The van der Waals surface area contributed by atoms with Gasteiger partial charge in [-0.15, -0.1) is 11.3 Å². The molecule has 1 aromatic heterocycles. The molecule has 1 saturated heterocycles. The van der Waals surface area contributed by atoms with Crippen molar-refractivity contribution in [2.24, 2.45) is 5.41 Å². The van der Waals surface area contributed by atoms with Gasteiger partial charge in [-0.05, 0) is 12.7 Å². The Morgan fingerprint density at radius 1 is 1.40 bits per heavy atom. The molecular weight excluding hydrogens is 290 g/mol. The number of thioether (sulfide) groups is 1. The summed E-state index contributed by atoms with van der Waals surface area (Å²) in [7, 11) is 0. The number of thiazole rings is 1. The molecule has 0 bridgehead atoms. The Kier molecular flexibility index (Phi) is 5.32. The highest BCUT2D eigenvalue weighted by atomic mass is 32.2. The number of aromatic nitrogens is 1. The Labute approximate surface area is 129 Å². The summed E-state index contributed by atoms with van der Waals surface area (Å²) in [6.07, 6.45) is 4.91. The number of carbonyl (C=O) groups excluding carboxylic acids is 1. The Hall–Kier alpha value is -0.750. The van der Waals surface area contributed by atoms with E-state index in [-0.39, 0.29) is 11.3 Å². The molecule has 0 radical (unpaired) electrons. The number of hydrogen-bond donors (Lipinski definition) is 0. The molecule has 0 N–H and O–H groups in total. The Morgan fingerprint density at radius 3 is 2.85 bits per heavy atom. The minimum Gasteiger partial charge on any atom is -0.346 e. The quantitative estimate of drug-likeness (QED) is 0.856. The zero-order chi connectivity index (χ0) is 14.6. The van der Waals surface area contributed by atoms with Crippen molar-refractivity contribution in [1.82, 2.24) is 9.88 Å². The summed E-state index contributed by atoms with van der Waals surface area (Å²) < 4.78 is 0. The second-order valence-electron chi connectivity index (χ2n) is 5.76. The van der Waals surface area contributed by atoms with E-state index in [1.165, 1.54) is 0 Å². The van der Waals surface area contributed by atoms with E-state index < -0.39 is 0 Å². The first-order valence-electron chi connectivity index (χ1n) is 6.97. The standard InChI is InChI=1S/C14H23N3OS2/c1-14(2,11-19-3)12(18)16-6-4-7-17(9-8-16)13-15-5-10-20-13/h5,10H,4,6-9,11H2,1-3H3. The van der Waals surface area contributed by atoms with Crippen molar-refractivity contribution in [3.8, 4) is 0 Å². The maximum atomic E-state index is 12.6. The topological polar surface area (TPSA) is 36.4 Å². The van der Waals surface area contributed by atoms with E-state index in [0.717, 1.165) is 43.5 Å². The Morgan fingerprint density at radius 2 is 2.20 bits per heavy atom. The average molecular weight is 313 g/mol. The van der Waals surface area contributed by atoms with Crippen LogP contribution in [0.25, 0.3) is 0 Å². The summed E-state index contributed by atoms with van der Waals surface area (Å²) in [5.74, 6) is 1.16. The Balaban J connectivity index is 1.97. The van der Waals surface area contributed by atoms with Crippen molar-refractivity contribution >= 4 is 34.1 Å². The molecule has 20 heavy (non-hydrogen) atoms. The molecule has 0 atom stereocenters. The van der Waals surface area contributed by atoms with Crippen LogP contribution >= 0.6 is 23.1 Å². The van der Waals surface area contributed by atoms with Crippen molar-refractivity contribution < 1.29 is 4.79 Å². The van der Waals surface area contributed by atoms with Gasteiger partial charge < -0.3 is 9.80 Å². The first-order chi connectivity index (χ1) is 9.54. The zero-order valence-corrected chi connectivity index (χ0v) is 14.1. The van der Waals surface area contributed by atoms with Crippen molar-refractivity contribution in [1.29, 1.82) is 0 Å². The lowest BCUT2D eigenvalue weighted by molar-refractivity contribution is -0.138. The molecule has 0 spiro atoms. The number of nitrogens with zero attached hydrogens (tertiary/aromatic N) is 3. The van der Waals surface area contributed by atoms with Crippen LogP contribution in [0.2, 0.25) is 0 Å². The van der Waals surface area contributed by atoms with E-state index in [4.69, 9.17) is 0 Å². The number of rotatable bonds is 4. The first-order valence-corrected chi connectivity index (χ1v) is 9.25. The summed E-state index contributed by atoms with van der Waals surface area (Å²) in [4.78, 5) is 21.3. The van der Waals surface area contributed by atoms with Crippen LogP contribution in [0.1, 0.15) is 20.3 Å². The minimum absolute atomic E-state index is 0.268. The van der Waals surface area contributed by atoms with Crippen molar-refractivity contribution in [2.75, 3.05) is 43.1 Å². The van der Waals surface area contributed by atoms with Crippen LogP contribution in [0.5, 0.6) is 0 Å². The third kappa shape index (κ3) is 3.67. The van der Waals surface area contributed by atoms with Gasteiger partial charge in [0.15, 0.2) is 5.13 Å². The fourth-order valence-electron chi connectivity index (χ4n) is 2.53. The fourth-order valence-corrected chi connectivity index (χ4v) is 4.08. The summed E-state index contributed by atoms with van der Waals surface area (Å²) >= 11 is 3.41. The highest BCUT2D eigenvalue weighted by molar-refractivity contribution is 7.98. The smallest absolute Gasteiger partial charge is 0.229 e. The highest BCUT2D eigenvalue weighted by Gasteiger charge is 2.32. The number of amides is 1. The van der Waals surface area contributed by atoms with Gasteiger partial charge in [-0.3, -0.25) is 4.79 Å². The second kappa shape index (κ2) is 6.80. The maximum absolute atomic E-state index is 12.6. The van der Waals surface area contributed by atoms with Gasteiger partial charge in [0.2, 0.25) is 5.91 Å². The lowest BCUT2D eigenvalue weighted by Crippen LogP contribution is -2.44. The summed E-state index contributed by atoms with van der Waals surface area (Å²) in [6, 6.07) is 0. The molecule has 2 rings (SSSR count). The average Bonchev–Trinajstić information content (AvgIpc) is 2.83. The number of anilines is 1.